The molecule has 0 N–H and O–H groups in total. The van der Waals surface area contributed by atoms with Gasteiger partial charge in [-0.15, -0.1) is 0 Å². The molecule has 0 amide bonds. The maximum atomic E-state index is 14.1. The lowest BCUT2D eigenvalue weighted by molar-refractivity contribution is -0.119. The van der Waals surface area contributed by atoms with Gasteiger partial charge in [-0.2, -0.15) is 0 Å². The number of allylic oxidation sites excluding steroid dienone is 4. The van der Waals surface area contributed by atoms with Crippen LogP contribution in [0.2, 0.25) is 5.02 Å². The average molecular weight is 620 g/mol. The van der Waals surface area contributed by atoms with Crippen LogP contribution in [0.3, 0.4) is 0 Å². The van der Waals surface area contributed by atoms with E-state index < -0.39 is 5.92 Å². The monoisotopic (exact) mass is 619 g/mol. The molecule has 0 aromatic heterocycles. The standard InChI is InChI=1S/C37H46ClNO5/c1-22-10-11-24(14-23(22)2)21-44-35-26(38)15-25(16-31(35)43-8)32-33-27(17-36(3,4)19-29(33)40)39(12-9-13-42-7)28-18-37(5,6)20-30(41)34(28)32/h10-11,14-16,32H,9,12-13,17-21H2,1-8H3. The fourth-order valence-electron chi connectivity index (χ4n) is 7.11. The fraction of sp³-hybridized carbons (Fsp3) is 0.514. The van der Waals surface area contributed by atoms with Gasteiger partial charge in [0.2, 0.25) is 0 Å². The average Bonchev–Trinajstić information content (AvgIpc) is 2.93. The molecular formula is C37H46ClNO5. The van der Waals surface area contributed by atoms with Crippen LogP contribution in [-0.4, -0.2) is 43.8 Å². The minimum absolute atomic E-state index is 0.0901. The zero-order valence-electron chi connectivity index (χ0n) is 27.5. The van der Waals surface area contributed by atoms with Gasteiger partial charge in [0.15, 0.2) is 23.1 Å². The predicted molar refractivity (Wildman–Crippen MR) is 174 cm³/mol. The molecule has 0 saturated carbocycles. The number of carbonyl (C=O) groups is 2. The summed E-state index contributed by atoms with van der Waals surface area (Å²) in [6, 6.07) is 10.0. The van der Waals surface area contributed by atoms with E-state index in [1.165, 1.54) is 11.1 Å². The van der Waals surface area contributed by atoms with Crippen molar-refractivity contribution in [1.82, 2.24) is 4.90 Å². The van der Waals surface area contributed by atoms with Crippen molar-refractivity contribution >= 4 is 23.2 Å². The molecular weight excluding hydrogens is 574 g/mol. The van der Waals surface area contributed by atoms with Crippen LogP contribution in [-0.2, 0) is 20.9 Å². The normalized spacial score (nSPS) is 19.7. The van der Waals surface area contributed by atoms with Gasteiger partial charge in [-0.05, 0) is 78.3 Å². The molecule has 1 aliphatic heterocycles. The zero-order chi connectivity index (χ0) is 32.0. The summed E-state index contributed by atoms with van der Waals surface area (Å²) in [5.74, 6) is 0.602. The Morgan fingerprint density at radius 2 is 1.48 bits per heavy atom. The first-order valence-corrected chi connectivity index (χ1v) is 16.0. The van der Waals surface area contributed by atoms with Crippen LogP contribution in [0.25, 0.3) is 0 Å². The number of halogens is 1. The first-order valence-electron chi connectivity index (χ1n) is 15.6. The lowest BCUT2D eigenvalue weighted by Crippen LogP contribution is -2.44. The second-order valence-corrected chi connectivity index (χ2v) is 14.7. The van der Waals surface area contributed by atoms with E-state index in [9.17, 15) is 9.59 Å². The van der Waals surface area contributed by atoms with E-state index in [-0.39, 0.29) is 22.4 Å². The van der Waals surface area contributed by atoms with Crippen LogP contribution in [0.1, 0.15) is 88.0 Å². The van der Waals surface area contributed by atoms with Crippen LogP contribution >= 0.6 is 11.6 Å². The molecule has 6 nitrogen and oxygen atoms in total. The Morgan fingerprint density at radius 1 is 0.864 bits per heavy atom. The molecule has 0 saturated heterocycles. The van der Waals surface area contributed by atoms with Crippen molar-refractivity contribution in [2.75, 3.05) is 27.4 Å². The number of ketones is 2. The molecule has 2 aromatic rings. The Balaban J connectivity index is 1.63. The van der Waals surface area contributed by atoms with Crippen LogP contribution < -0.4 is 9.47 Å². The van der Waals surface area contributed by atoms with Gasteiger partial charge in [-0.25, -0.2) is 0 Å². The molecule has 1 heterocycles. The van der Waals surface area contributed by atoms with Crippen LogP contribution in [0.15, 0.2) is 52.9 Å². The number of hydrogen-bond donors (Lipinski definition) is 0. The van der Waals surface area contributed by atoms with Gasteiger partial charge in [0.1, 0.15) is 6.61 Å². The van der Waals surface area contributed by atoms with Gasteiger partial charge < -0.3 is 19.1 Å². The molecule has 2 aromatic carbocycles. The number of benzene rings is 2. The van der Waals surface area contributed by atoms with Gasteiger partial charge >= 0.3 is 0 Å². The molecule has 236 valence electrons. The first-order chi connectivity index (χ1) is 20.7. The predicted octanol–water partition coefficient (Wildman–Crippen LogP) is 8.27. The third kappa shape index (κ3) is 6.34. The summed E-state index contributed by atoms with van der Waals surface area (Å²) in [5.41, 5.74) is 7.36. The van der Waals surface area contributed by atoms with Gasteiger partial charge in [0.25, 0.3) is 0 Å². The van der Waals surface area contributed by atoms with Gasteiger partial charge in [0.05, 0.1) is 12.1 Å². The van der Waals surface area contributed by atoms with Gasteiger partial charge in [-0.1, -0.05) is 57.5 Å². The van der Waals surface area contributed by atoms with Crippen molar-refractivity contribution in [2.24, 2.45) is 10.8 Å². The van der Waals surface area contributed by atoms with Gasteiger partial charge in [-0.3, -0.25) is 9.59 Å². The van der Waals surface area contributed by atoms with Crippen molar-refractivity contribution in [2.45, 2.75) is 86.2 Å². The van der Waals surface area contributed by atoms with Crippen molar-refractivity contribution in [3.05, 3.63) is 80.1 Å². The van der Waals surface area contributed by atoms with Crippen LogP contribution in [0.5, 0.6) is 11.5 Å². The Bertz CT molecular complexity index is 1500. The molecule has 2 aliphatic carbocycles. The molecule has 3 aliphatic rings. The molecule has 0 unspecified atom stereocenters. The highest BCUT2D eigenvalue weighted by Crippen LogP contribution is 2.55. The highest BCUT2D eigenvalue weighted by atomic mass is 35.5. The van der Waals surface area contributed by atoms with E-state index in [1.54, 1.807) is 14.2 Å². The number of aryl methyl sites for hydroxylation is 2. The number of Topliss-reactive ketones (excluding diaryl/α,β-unsaturated/α-hetero) is 2. The molecule has 0 spiro atoms. The summed E-state index contributed by atoms with van der Waals surface area (Å²) in [4.78, 5) is 30.5. The first kappa shape index (κ1) is 32.3. The highest BCUT2D eigenvalue weighted by Gasteiger charge is 2.49. The number of methoxy groups -OCH3 is 2. The summed E-state index contributed by atoms with van der Waals surface area (Å²) in [5, 5.41) is 0.391. The molecule has 0 fully saturated rings. The molecule has 0 bridgehead atoms. The molecule has 5 rings (SSSR count). The number of nitrogens with zero attached hydrogens (tertiary/aromatic N) is 1. The highest BCUT2D eigenvalue weighted by molar-refractivity contribution is 6.32. The third-order valence-corrected chi connectivity index (χ3v) is 9.57. The smallest absolute Gasteiger partial charge is 0.180 e. The zero-order valence-corrected chi connectivity index (χ0v) is 28.2. The van der Waals surface area contributed by atoms with Crippen molar-refractivity contribution in [3.8, 4) is 11.5 Å². The Hall–Kier alpha value is -3.09. The van der Waals surface area contributed by atoms with E-state index in [2.05, 4.69) is 58.6 Å². The van der Waals surface area contributed by atoms with Gasteiger partial charge in [0, 0.05) is 61.6 Å². The molecule has 44 heavy (non-hydrogen) atoms. The maximum Gasteiger partial charge on any atom is 0.180 e. The van der Waals surface area contributed by atoms with E-state index >= 15 is 0 Å². The number of ether oxygens (including phenoxy) is 3. The third-order valence-electron chi connectivity index (χ3n) is 9.29. The summed E-state index contributed by atoms with van der Waals surface area (Å²) >= 11 is 6.95. The summed E-state index contributed by atoms with van der Waals surface area (Å²) < 4.78 is 17.5. The van der Waals surface area contributed by atoms with Crippen molar-refractivity contribution in [3.63, 3.8) is 0 Å². The van der Waals surface area contributed by atoms with E-state index in [1.807, 2.05) is 18.2 Å². The Morgan fingerprint density at radius 3 is 2.02 bits per heavy atom. The molecule has 0 atom stereocenters. The Kier molecular flexibility index (Phi) is 9.08. The minimum atomic E-state index is -0.508. The maximum absolute atomic E-state index is 14.1. The van der Waals surface area contributed by atoms with Crippen molar-refractivity contribution < 1.29 is 23.8 Å². The lowest BCUT2D eigenvalue weighted by Gasteiger charge is -2.49. The molecule has 0 radical (unpaired) electrons. The van der Waals surface area contributed by atoms with E-state index in [4.69, 9.17) is 25.8 Å². The largest absolute Gasteiger partial charge is 0.493 e. The minimum Gasteiger partial charge on any atom is -0.493 e. The Labute approximate surface area is 267 Å². The number of rotatable bonds is 9. The van der Waals surface area contributed by atoms with Crippen molar-refractivity contribution in [1.29, 1.82) is 0 Å². The van der Waals surface area contributed by atoms with E-state index in [0.717, 1.165) is 52.9 Å². The van der Waals surface area contributed by atoms with E-state index in [0.29, 0.717) is 49.1 Å². The summed E-state index contributed by atoms with van der Waals surface area (Å²) in [6.45, 7) is 14.4. The number of hydrogen-bond acceptors (Lipinski definition) is 6. The van der Waals surface area contributed by atoms with Crippen LogP contribution in [0, 0.1) is 24.7 Å². The SMILES string of the molecule is COCCCN1C2=C(C(=O)CC(C)(C)C2)C(c2cc(Cl)c(OCc3ccc(C)c(C)c3)c(OC)c2)C2=C1CC(C)(C)CC2=O. The second kappa shape index (κ2) is 12.4. The molecule has 7 heteroatoms. The summed E-state index contributed by atoms with van der Waals surface area (Å²) in [7, 11) is 3.29. The quantitative estimate of drug-likeness (QED) is 0.263. The topological polar surface area (TPSA) is 65.1 Å². The fourth-order valence-corrected chi connectivity index (χ4v) is 7.39. The summed E-state index contributed by atoms with van der Waals surface area (Å²) in [6.07, 6.45) is 3.16. The van der Waals surface area contributed by atoms with Crippen LogP contribution in [0.4, 0.5) is 0 Å². The second-order valence-electron chi connectivity index (χ2n) is 14.3. The number of carbonyl (C=O) groups excluding carboxylic acids is 2. The lowest BCUT2D eigenvalue weighted by atomic mass is 9.63.